The molecule has 18 heavy (non-hydrogen) atoms. The first-order chi connectivity index (χ1) is 8.81. The van der Waals surface area contributed by atoms with Crippen LogP contribution in [0.1, 0.15) is 17.0 Å². The van der Waals surface area contributed by atoms with Crippen molar-refractivity contribution < 1.29 is 4.74 Å². The summed E-state index contributed by atoms with van der Waals surface area (Å²) in [6.45, 7) is 4.49. The van der Waals surface area contributed by atoms with Gasteiger partial charge in [0.05, 0.1) is 17.7 Å². The number of rotatable bonds is 7. The van der Waals surface area contributed by atoms with Crippen LogP contribution >= 0.6 is 11.3 Å². The smallest absolute Gasteiger partial charge is 0.203 e. The van der Waals surface area contributed by atoms with Crippen molar-refractivity contribution in [3.63, 3.8) is 0 Å². The molecule has 2 heterocycles. The summed E-state index contributed by atoms with van der Waals surface area (Å²) in [5, 5.41) is 3.32. The van der Waals surface area contributed by atoms with Crippen LogP contribution in [0.2, 0.25) is 0 Å². The molecule has 0 aliphatic carbocycles. The Morgan fingerprint density at radius 2 is 2.33 bits per heavy atom. The lowest BCUT2D eigenvalue weighted by atomic mass is 10.4. The second kappa shape index (κ2) is 6.51. The van der Waals surface area contributed by atoms with Crippen LogP contribution in [0.25, 0.3) is 0 Å². The van der Waals surface area contributed by atoms with Gasteiger partial charge < -0.3 is 14.6 Å². The Morgan fingerprint density at radius 3 is 3.06 bits per heavy atom. The van der Waals surface area contributed by atoms with Gasteiger partial charge in [-0.05, 0) is 13.3 Å². The molecule has 0 radical (unpaired) electrons. The van der Waals surface area contributed by atoms with Crippen molar-refractivity contribution in [3.8, 4) is 0 Å². The van der Waals surface area contributed by atoms with Gasteiger partial charge in [-0.2, -0.15) is 0 Å². The minimum Gasteiger partial charge on any atom is -0.385 e. The maximum absolute atomic E-state index is 5.02. The van der Waals surface area contributed by atoms with Crippen molar-refractivity contribution in [1.29, 1.82) is 0 Å². The van der Waals surface area contributed by atoms with E-state index in [1.807, 2.05) is 24.8 Å². The molecule has 0 saturated carbocycles. The second-order valence-electron chi connectivity index (χ2n) is 4.01. The molecule has 0 amide bonds. The molecule has 0 bridgehead atoms. The number of nitrogens with one attached hydrogen (secondary N) is 1. The Kier molecular flexibility index (Phi) is 4.72. The first-order valence-electron chi connectivity index (χ1n) is 5.94. The third kappa shape index (κ3) is 3.30. The molecule has 2 aromatic rings. The second-order valence-corrected chi connectivity index (χ2v) is 4.95. The van der Waals surface area contributed by atoms with E-state index in [1.54, 1.807) is 18.4 Å². The van der Waals surface area contributed by atoms with Crippen molar-refractivity contribution in [1.82, 2.24) is 14.5 Å². The predicted molar refractivity (Wildman–Crippen MR) is 73.2 cm³/mol. The van der Waals surface area contributed by atoms with E-state index in [0.29, 0.717) is 0 Å². The Morgan fingerprint density at radius 1 is 1.44 bits per heavy atom. The normalized spacial score (nSPS) is 10.8. The molecular formula is C12H18N4OS. The molecule has 0 aliphatic heterocycles. The van der Waals surface area contributed by atoms with Crippen LogP contribution in [0.3, 0.4) is 0 Å². The van der Waals surface area contributed by atoms with Gasteiger partial charge in [0.1, 0.15) is 0 Å². The van der Waals surface area contributed by atoms with Crippen LogP contribution in [0.15, 0.2) is 17.9 Å². The van der Waals surface area contributed by atoms with Crippen LogP contribution in [0.4, 0.5) is 5.95 Å². The van der Waals surface area contributed by atoms with Crippen molar-refractivity contribution >= 4 is 17.3 Å². The summed E-state index contributed by atoms with van der Waals surface area (Å²) in [7, 11) is 1.72. The molecule has 0 fully saturated rings. The van der Waals surface area contributed by atoms with Gasteiger partial charge in [0.15, 0.2) is 0 Å². The quantitative estimate of drug-likeness (QED) is 0.780. The summed E-state index contributed by atoms with van der Waals surface area (Å²) >= 11 is 1.68. The average molecular weight is 266 g/mol. The van der Waals surface area contributed by atoms with Gasteiger partial charge in [-0.1, -0.05) is 0 Å². The van der Waals surface area contributed by atoms with Gasteiger partial charge in [-0.3, -0.25) is 0 Å². The highest BCUT2D eigenvalue weighted by Crippen LogP contribution is 2.16. The minimum absolute atomic E-state index is 0.766. The summed E-state index contributed by atoms with van der Waals surface area (Å²) in [5.74, 6) is 0.902. The predicted octanol–water partition coefficient (Wildman–Crippen LogP) is 2.14. The summed E-state index contributed by atoms with van der Waals surface area (Å²) in [4.78, 5) is 9.85. The molecule has 0 atom stereocenters. The highest BCUT2D eigenvalue weighted by molar-refractivity contribution is 7.09. The van der Waals surface area contributed by atoms with Gasteiger partial charge in [-0.25, -0.2) is 9.97 Å². The summed E-state index contributed by atoms with van der Waals surface area (Å²) in [6.07, 6.45) is 4.77. The maximum atomic E-state index is 5.02. The fourth-order valence-corrected chi connectivity index (χ4v) is 2.43. The molecule has 5 nitrogen and oxygen atoms in total. The van der Waals surface area contributed by atoms with E-state index in [-0.39, 0.29) is 0 Å². The van der Waals surface area contributed by atoms with Crippen LogP contribution in [0.5, 0.6) is 0 Å². The van der Waals surface area contributed by atoms with E-state index in [9.17, 15) is 0 Å². The third-order valence-electron chi connectivity index (χ3n) is 2.68. The lowest BCUT2D eigenvalue weighted by molar-refractivity contribution is 0.197. The van der Waals surface area contributed by atoms with Crippen molar-refractivity contribution in [2.75, 3.05) is 25.6 Å². The molecule has 1 N–H and O–H groups in total. The topological polar surface area (TPSA) is 52.0 Å². The Balaban J connectivity index is 1.93. The summed E-state index contributed by atoms with van der Waals surface area (Å²) in [5.41, 5.74) is 2.98. The van der Waals surface area contributed by atoms with Crippen LogP contribution < -0.4 is 5.32 Å². The Bertz CT molecular complexity index is 480. The van der Waals surface area contributed by atoms with Gasteiger partial charge in [0.25, 0.3) is 0 Å². The molecule has 2 rings (SSSR count). The third-order valence-corrected chi connectivity index (χ3v) is 3.60. The zero-order chi connectivity index (χ0) is 12.8. The van der Waals surface area contributed by atoms with E-state index in [4.69, 9.17) is 4.74 Å². The van der Waals surface area contributed by atoms with Gasteiger partial charge in [0, 0.05) is 37.5 Å². The van der Waals surface area contributed by atoms with Gasteiger partial charge >= 0.3 is 0 Å². The van der Waals surface area contributed by atoms with E-state index >= 15 is 0 Å². The van der Waals surface area contributed by atoms with Crippen molar-refractivity contribution in [2.24, 2.45) is 0 Å². The molecule has 2 aromatic heterocycles. The summed E-state index contributed by atoms with van der Waals surface area (Å²) < 4.78 is 7.12. The van der Waals surface area contributed by atoms with Crippen LogP contribution in [-0.2, 0) is 11.3 Å². The van der Waals surface area contributed by atoms with Crippen LogP contribution in [0, 0.1) is 6.92 Å². The molecule has 0 unspecified atom stereocenters. The molecule has 98 valence electrons. The minimum atomic E-state index is 0.766. The molecule has 0 aliphatic rings. The van der Waals surface area contributed by atoms with Crippen molar-refractivity contribution in [3.05, 3.63) is 28.5 Å². The fourth-order valence-electron chi connectivity index (χ4n) is 1.65. The number of aryl methyl sites for hydroxylation is 1. The maximum Gasteiger partial charge on any atom is 0.203 e. The SMILES string of the molecule is COCCCNc1nccn1Cc1scnc1C. The first-order valence-corrected chi connectivity index (χ1v) is 6.82. The largest absolute Gasteiger partial charge is 0.385 e. The zero-order valence-corrected chi connectivity index (χ0v) is 11.5. The zero-order valence-electron chi connectivity index (χ0n) is 10.7. The van der Waals surface area contributed by atoms with E-state index in [1.165, 1.54) is 4.88 Å². The first kappa shape index (κ1) is 13.0. The van der Waals surface area contributed by atoms with Crippen molar-refractivity contribution in [2.45, 2.75) is 19.9 Å². The highest BCUT2D eigenvalue weighted by atomic mass is 32.1. The number of aromatic nitrogens is 3. The summed E-state index contributed by atoms with van der Waals surface area (Å²) in [6, 6.07) is 0. The average Bonchev–Trinajstić information content (AvgIpc) is 2.96. The number of imidazole rings is 1. The number of anilines is 1. The number of ether oxygens (including phenoxy) is 1. The lowest BCUT2D eigenvalue weighted by Crippen LogP contribution is -2.10. The fraction of sp³-hybridized carbons (Fsp3) is 0.500. The lowest BCUT2D eigenvalue weighted by Gasteiger charge is -2.09. The van der Waals surface area contributed by atoms with E-state index in [2.05, 4.69) is 19.9 Å². The monoisotopic (exact) mass is 266 g/mol. The number of nitrogens with zero attached hydrogens (tertiary/aromatic N) is 3. The number of hydrogen-bond acceptors (Lipinski definition) is 5. The molecule has 6 heteroatoms. The standard InChI is InChI=1S/C12H18N4OS/c1-10-11(18-9-15-10)8-16-6-5-14-12(16)13-4-3-7-17-2/h5-6,9H,3-4,7-8H2,1-2H3,(H,13,14). The van der Waals surface area contributed by atoms with Gasteiger partial charge in [-0.15, -0.1) is 11.3 Å². The van der Waals surface area contributed by atoms with Crippen LogP contribution in [-0.4, -0.2) is 34.8 Å². The molecule has 0 aromatic carbocycles. The molecule has 0 spiro atoms. The van der Waals surface area contributed by atoms with Gasteiger partial charge in [0.2, 0.25) is 5.95 Å². The number of hydrogen-bond donors (Lipinski definition) is 1. The highest BCUT2D eigenvalue weighted by Gasteiger charge is 2.06. The number of thiazole rings is 1. The van der Waals surface area contributed by atoms with E-state index < -0.39 is 0 Å². The number of methoxy groups -OCH3 is 1. The van der Waals surface area contributed by atoms with E-state index in [0.717, 1.165) is 37.8 Å². The Hall–Kier alpha value is -1.40. The Labute approximate surface area is 111 Å². The molecular weight excluding hydrogens is 248 g/mol. The molecule has 0 saturated heterocycles.